The number of aromatic nitrogens is 2. The standard InChI is InChI=1S/C18H24N4O2/c1-12(2)24-17-7-5-6-15(10-17)13(3)21-18(23)20-11-16-8-9-19-14(4)22-16/h5-10,12-13H,11H2,1-4H3,(H2,20,21,23)/t13-/m1/s1. The molecule has 1 aromatic heterocycles. The molecule has 0 unspecified atom stereocenters. The number of ether oxygens (including phenoxy) is 1. The minimum absolute atomic E-state index is 0.114. The Morgan fingerprint density at radius 3 is 2.75 bits per heavy atom. The summed E-state index contributed by atoms with van der Waals surface area (Å²) in [5.74, 6) is 1.48. The lowest BCUT2D eigenvalue weighted by Gasteiger charge is -2.17. The Kier molecular flexibility index (Phi) is 6.12. The number of benzene rings is 1. The number of carbonyl (C=O) groups is 1. The smallest absolute Gasteiger partial charge is 0.315 e. The second-order valence-corrected chi connectivity index (χ2v) is 5.88. The fourth-order valence-corrected chi connectivity index (χ4v) is 2.23. The van der Waals surface area contributed by atoms with Crippen LogP contribution in [0.5, 0.6) is 5.75 Å². The number of amides is 2. The number of nitrogens with zero attached hydrogens (tertiary/aromatic N) is 2. The van der Waals surface area contributed by atoms with E-state index in [-0.39, 0.29) is 18.2 Å². The van der Waals surface area contributed by atoms with Gasteiger partial charge >= 0.3 is 6.03 Å². The molecule has 24 heavy (non-hydrogen) atoms. The number of urea groups is 1. The SMILES string of the molecule is Cc1nccc(CNC(=O)N[C@H](C)c2cccc(OC(C)C)c2)n1. The molecular formula is C18H24N4O2. The van der Waals surface area contributed by atoms with E-state index < -0.39 is 0 Å². The first-order chi connectivity index (χ1) is 11.4. The molecule has 0 spiro atoms. The zero-order valence-electron chi connectivity index (χ0n) is 14.5. The van der Waals surface area contributed by atoms with E-state index in [1.54, 1.807) is 12.3 Å². The van der Waals surface area contributed by atoms with Crippen molar-refractivity contribution < 1.29 is 9.53 Å². The molecule has 6 nitrogen and oxygen atoms in total. The predicted molar refractivity (Wildman–Crippen MR) is 92.8 cm³/mol. The van der Waals surface area contributed by atoms with Crippen molar-refractivity contribution in [3.05, 3.63) is 53.6 Å². The van der Waals surface area contributed by atoms with Gasteiger partial charge in [-0.1, -0.05) is 12.1 Å². The maximum atomic E-state index is 12.1. The zero-order chi connectivity index (χ0) is 17.5. The van der Waals surface area contributed by atoms with Gasteiger partial charge in [0.1, 0.15) is 11.6 Å². The molecule has 1 atom stereocenters. The molecule has 2 aromatic rings. The van der Waals surface area contributed by atoms with E-state index in [0.29, 0.717) is 12.4 Å². The summed E-state index contributed by atoms with van der Waals surface area (Å²) in [6.07, 6.45) is 1.79. The normalized spacial score (nSPS) is 11.9. The van der Waals surface area contributed by atoms with E-state index in [4.69, 9.17) is 4.74 Å². The lowest BCUT2D eigenvalue weighted by Crippen LogP contribution is -2.36. The Morgan fingerprint density at radius 2 is 2.04 bits per heavy atom. The molecule has 1 heterocycles. The molecule has 0 bridgehead atoms. The summed E-state index contributed by atoms with van der Waals surface area (Å²) in [7, 11) is 0. The minimum atomic E-state index is -0.242. The van der Waals surface area contributed by atoms with Crippen molar-refractivity contribution in [3.8, 4) is 5.75 Å². The van der Waals surface area contributed by atoms with Crippen LogP contribution in [0.15, 0.2) is 36.5 Å². The van der Waals surface area contributed by atoms with Gasteiger partial charge in [0.15, 0.2) is 0 Å². The average Bonchev–Trinajstić information content (AvgIpc) is 2.52. The Morgan fingerprint density at radius 1 is 1.25 bits per heavy atom. The second kappa shape index (κ2) is 8.29. The van der Waals surface area contributed by atoms with Crippen molar-refractivity contribution >= 4 is 6.03 Å². The van der Waals surface area contributed by atoms with Crippen LogP contribution in [0.2, 0.25) is 0 Å². The summed E-state index contributed by atoms with van der Waals surface area (Å²) >= 11 is 0. The van der Waals surface area contributed by atoms with Crippen LogP contribution < -0.4 is 15.4 Å². The molecule has 0 aliphatic heterocycles. The Labute approximate surface area is 142 Å². The third-order valence-electron chi connectivity index (χ3n) is 3.34. The van der Waals surface area contributed by atoms with E-state index >= 15 is 0 Å². The summed E-state index contributed by atoms with van der Waals surface area (Å²) < 4.78 is 5.68. The fraction of sp³-hybridized carbons (Fsp3) is 0.389. The highest BCUT2D eigenvalue weighted by Gasteiger charge is 2.10. The lowest BCUT2D eigenvalue weighted by molar-refractivity contribution is 0.236. The van der Waals surface area contributed by atoms with Gasteiger partial charge in [0.2, 0.25) is 0 Å². The van der Waals surface area contributed by atoms with Crippen molar-refractivity contribution in [2.45, 2.75) is 46.4 Å². The number of hydrogen-bond acceptors (Lipinski definition) is 4. The molecule has 1 aromatic carbocycles. The predicted octanol–water partition coefficient (Wildman–Crippen LogP) is 3.13. The highest BCUT2D eigenvalue weighted by Crippen LogP contribution is 2.20. The van der Waals surface area contributed by atoms with E-state index in [0.717, 1.165) is 17.0 Å². The topological polar surface area (TPSA) is 76.1 Å². The van der Waals surface area contributed by atoms with Crippen LogP contribution in [0, 0.1) is 6.92 Å². The summed E-state index contributed by atoms with van der Waals surface area (Å²) in [6.45, 7) is 8.08. The van der Waals surface area contributed by atoms with Crippen LogP contribution >= 0.6 is 0 Å². The first-order valence-corrected chi connectivity index (χ1v) is 8.03. The van der Waals surface area contributed by atoms with Gasteiger partial charge in [-0.3, -0.25) is 0 Å². The van der Waals surface area contributed by atoms with Crippen molar-refractivity contribution in [2.75, 3.05) is 0 Å². The van der Waals surface area contributed by atoms with Crippen LogP contribution in [0.1, 0.15) is 43.9 Å². The fourth-order valence-electron chi connectivity index (χ4n) is 2.23. The van der Waals surface area contributed by atoms with Gasteiger partial charge in [-0.2, -0.15) is 0 Å². The molecule has 0 saturated heterocycles. The van der Waals surface area contributed by atoms with Gasteiger partial charge in [0, 0.05) is 6.20 Å². The molecule has 2 N–H and O–H groups in total. The van der Waals surface area contributed by atoms with Crippen molar-refractivity contribution in [1.29, 1.82) is 0 Å². The number of rotatable bonds is 6. The molecule has 0 saturated carbocycles. The maximum Gasteiger partial charge on any atom is 0.315 e. The Bertz CT molecular complexity index is 688. The van der Waals surface area contributed by atoms with Crippen molar-refractivity contribution in [3.63, 3.8) is 0 Å². The maximum absolute atomic E-state index is 12.1. The van der Waals surface area contributed by atoms with E-state index in [1.165, 1.54) is 0 Å². The van der Waals surface area contributed by atoms with Crippen LogP contribution in [-0.4, -0.2) is 22.1 Å². The number of nitrogens with one attached hydrogen (secondary N) is 2. The summed E-state index contributed by atoms with van der Waals surface area (Å²) in [5.41, 5.74) is 1.76. The molecule has 2 rings (SSSR count). The Balaban J connectivity index is 1.89. The average molecular weight is 328 g/mol. The van der Waals surface area contributed by atoms with Gasteiger partial charge < -0.3 is 15.4 Å². The van der Waals surface area contributed by atoms with Gasteiger partial charge in [0.25, 0.3) is 0 Å². The van der Waals surface area contributed by atoms with Gasteiger partial charge in [-0.25, -0.2) is 14.8 Å². The third kappa shape index (κ3) is 5.53. The van der Waals surface area contributed by atoms with Crippen molar-refractivity contribution in [2.24, 2.45) is 0 Å². The van der Waals surface area contributed by atoms with Gasteiger partial charge in [-0.05, 0) is 51.5 Å². The molecule has 0 fully saturated rings. The van der Waals surface area contributed by atoms with Gasteiger partial charge in [0.05, 0.1) is 24.4 Å². The number of carbonyl (C=O) groups excluding carboxylic acids is 1. The summed E-state index contributed by atoms with van der Waals surface area (Å²) in [6, 6.07) is 9.15. The van der Waals surface area contributed by atoms with Crippen LogP contribution in [0.25, 0.3) is 0 Å². The van der Waals surface area contributed by atoms with E-state index in [1.807, 2.05) is 52.0 Å². The quantitative estimate of drug-likeness (QED) is 0.854. The van der Waals surface area contributed by atoms with Crippen molar-refractivity contribution in [1.82, 2.24) is 20.6 Å². The molecule has 0 aliphatic carbocycles. The third-order valence-corrected chi connectivity index (χ3v) is 3.34. The molecule has 2 amide bonds. The first kappa shape index (κ1) is 17.7. The highest BCUT2D eigenvalue weighted by atomic mass is 16.5. The van der Waals surface area contributed by atoms with Gasteiger partial charge in [-0.15, -0.1) is 0 Å². The summed E-state index contributed by atoms with van der Waals surface area (Å²) in [5, 5.41) is 5.71. The van der Waals surface area contributed by atoms with Crippen LogP contribution in [0.4, 0.5) is 4.79 Å². The highest BCUT2D eigenvalue weighted by molar-refractivity contribution is 5.74. The van der Waals surface area contributed by atoms with Crippen LogP contribution in [0.3, 0.4) is 0 Å². The molecule has 0 radical (unpaired) electrons. The van der Waals surface area contributed by atoms with E-state index in [2.05, 4.69) is 20.6 Å². The first-order valence-electron chi connectivity index (χ1n) is 8.03. The molecule has 0 aliphatic rings. The molecule has 6 heteroatoms. The number of aryl methyl sites for hydroxylation is 1. The lowest BCUT2D eigenvalue weighted by atomic mass is 10.1. The van der Waals surface area contributed by atoms with Crippen LogP contribution in [-0.2, 0) is 6.54 Å². The zero-order valence-corrected chi connectivity index (χ0v) is 14.5. The summed E-state index contributed by atoms with van der Waals surface area (Å²) in [4.78, 5) is 20.3. The monoisotopic (exact) mass is 328 g/mol. The minimum Gasteiger partial charge on any atom is -0.491 e. The largest absolute Gasteiger partial charge is 0.491 e. The molecular weight excluding hydrogens is 304 g/mol. The number of hydrogen-bond donors (Lipinski definition) is 2. The Hall–Kier alpha value is -2.63. The molecule has 128 valence electrons. The van der Waals surface area contributed by atoms with E-state index in [9.17, 15) is 4.79 Å². The second-order valence-electron chi connectivity index (χ2n) is 5.88.